The fourth-order valence-electron chi connectivity index (χ4n) is 1.49. The van der Waals surface area contributed by atoms with Crippen molar-refractivity contribution in [3.05, 3.63) is 29.3 Å². The number of nitrogen functional groups attached to an aromatic ring is 1. The van der Waals surface area contributed by atoms with Gasteiger partial charge in [-0.05, 0) is 13.8 Å². The molecule has 0 unspecified atom stereocenters. The second-order valence-electron chi connectivity index (χ2n) is 3.90. The van der Waals surface area contributed by atoms with Crippen molar-refractivity contribution in [2.24, 2.45) is 12.8 Å². The average Bonchev–Trinajstić information content (AvgIpc) is 2.57. The van der Waals surface area contributed by atoms with Crippen LogP contribution in [0, 0.1) is 19.3 Å². The van der Waals surface area contributed by atoms with E-state index >= 15 is 0 Å². The quantitative estimate of drug-likeness (QED) is 0.618. The van der Waals surface area contributed by atoms with Crippen LogP contribution in [0.1, 0.15) is 17.1 Å². The van der Waals surface area contributed by atoms with Gasteiger partial charge in [0.2, 0.25) is 11.8 Å². The maximum absolute atomic E-state index is 7.47. The first-order valence-electron chi connectivity index (χ1n) is 5.34. The minimum Gasteiger partial charge on any atom is -0.420 e. The summed E-state index contributed by atoms with van der Waals surface area (Å²) in [5, 5.41) is 11.6. The molecule has 0 spiro atoms. The summed E-state index contributed by atoms with van der Waals surface area (Å²) in [5.74, 6) is 1.21. The summed E-state index contributed by atoms with van der Waals surface area (Å²) in [6.45, 7) is 3.61. The van der Waals surface area contributed by atoms with Crippen LogP contribution in [0.5, 0.6) is 11.8 Å². The SMILES string of the molecule is Cc1cc(Oc2nc(C)ncc2C(=N)N)n(C)n1. The molecule has 2 heterocycles. The number of aryl methyl sites for hydroxylation is 3. The van der Waals surface area contributed by atoms with E-state index in [1.807, 2.05) is 6.92 Å². The maximum Gasteiger partial charge on any atom is 0.235 e. The zero-order chi connectivity index (χ0) is 13.3. The second-order valence-corrected chi connectivity index (χ2v) is 3.90. The number of nitrogens with one attached hydrogen (secondary N) is 1. The highest BCUT2D eigenvalue weighted by molar-refractivity contribution is 5.96. The highest BCUT2D eigenvalue weighted by Gasteiger charge is 2.13. The van der Waals surface area contributed by atoms with Crippen molar-refractivity contribution in [1.29, 1.82) is 5.41 Å². The fourth-order valence-corrected chi connectivity index (χ4v) is 1.49. The number of ether oxygens (including phenoxy) is 1. The molecule has 0 bridgehead atoms. The van der Waals surface area contributed by atoms with Gasteiger partial charge in [0.25, 0.3) is 0 Å². The topological polar surface area (TPSA) is 103 Å². The molecule has 0 aromatic carbocycles. The number of amidine groups is 1. The van der Waals surface area contributed by atoms with Crippen LogP contribution in [0.15, 0.2) is 12.3 Å². The molecule has 0 saturated carbocycles. The molecule has 18 heavy (non-hydrogen) atoms. The van der Waals surface area contributed by atoms with E-state index in [-0.39, 0.29) is 11.7 Å². The molecule has 0 aliphatic heterocycles. The average molecular weight is 246 g/mol. The van der Waals surface area contributed by atoms with Crippen molar-refractivity contribution in [2.75, 3.05) is 0 Å². The first-order valence-corrected chi connectivity index (χ1v) is 5.34. The molecule has 2 rings (SSSR count). The molecule has 0 saturated heterocycles. The molecule has 3 N–H and O–H groups in total. The Balaban J connectivity index is 2.42. The Hall–Kier alpha value is -2.44. The van der Waals surface area contributed by atoms with Crippen molar-refractivity contribution < 1.29 is 4.74 Å². The highest BCUT2D eigenvalue weighted by Crippen LogP contribution is 2.22. The van der Waals surface area contributed by atoms with E-state index in [1.54, 1.807) is 24.7 Å². The lowest BCUT2D eigenvalue weighted by Gasteiger charge is -2.08. The van der Waals surface area contributed by atoms with Crippen molar-refractivity contribution in [3.63, 3.8) is 0 Å². The largest absolute Gasteiger partial charge is 0.420 e. The van der Waals surface area contributed by atoms with E-state index in [9.17, 15) is 0 Å². The summed E-state index contributed by atoms with van der Waals surface area (Å²) in [6.07, 6.45) is 1.48. The van der Waals surface area contributed by atoms with Gasteiger partial charge in [-0.2, -0.15) is 10.1 Å². The van der Waals surface area contributed by atoms with Crippen LogP contribution in [0.4, 0.5) is 0 Å². The lowest BCUT2D eigenvalue weighted by Crippen LogP contribution is -2.14. The van der Waals surface area contributed by atoms with Crippen molar-refractivity contribution in [2.45, 2.75) is 13.8 Å². The minimum absolute atomic E-state index is 0.135. The van der Waals surface area contributed by atoms with Crippen LogP contribution >= 0.6 is 0 Å². The van der Waals surface area contributed by atoms with Crippen molar-refractivity contribution in [1.82, 2.24) is 19.7 Å². The maximum atomic E-state index is 7.47. The van der Waals surface area contributed by atoms with E-state index in [0.29, 0.717) is 17.3 Å². The van der Waals surface area contributed by atoms with Crippen LogP contribution in [0.3, 0.4) is 0 Å². The summed E-state index contributed by atoms with van der Waals surface area (Å²) in [4.78, 5) is 8.14. The lowest BCUT2D eigenvalue weighted by atomic mass is 10.3. The summed E-state index contributed by atoms with van der Waals surface area (Å²) < 4.78 is 7.23. The van der Waals surface area contributed by atoms with Crippen molar-refractivity contribution in [3.8, 4) is 11.8 Å². The third kappa shape index (κ3) is 2.29. The smallest absolute Gasteiger partial charge is 0.235 e. The van der Waals surface area contributed by atoms with E-state index < -0.39 is 0 Å². The van der Waals surface area contributed by atoms with Gasteiger partial charge in [-0.3, -0.25) is 5.41 Å². The summed E-state index contributed by atoms with van der Waals surface area (Å²) in [7, 11) is 1.77. The molecule has 0 aliphatic carbocycles. The van der Waals surface area contributed by atoms with Gasteiger partial charge in [-0.15, -0.1) is 0 Å². The zero-order valence-electron chi connectivity index (χ0n) is 10.4. The van der Waals surface area contributed by atoms with Crippen LogP contribution in [0.25, 0.3) is 0 Å². The lowest BCUT2D eigenvalue weighted by molar-refractivity contribution is 0.412. The van der Waals surface area contributed by atoms with Crippen LogP contribution in [-0.4, -0.2) is 25.6 Å². The molecule has 0 fully saturated rings. The number of nitrogens with zero attached hydrogens (tertiary/aromatic N) is 4. The van der Waals surface area contributed by atoms with Gasteiger partial charge in [-0.25, -0.2) is 9.67 Å². The molecule has 94 valence electrons. The van der Waals surface area contributed by atoms with E-state index in [0.717, 1.165) is 5.69 Å². The Morgan fingerprint density at radius 2 is 2.17 bits per heavy atom. The third-order valence-corrected chi connectivity index (χ3v) is 2.32. The Bertz CT molecular complexity index is 604. The fraction of sp³-hybridized carbons (Fsp3) is 0.273. The van der Waals surface area contributed by atoms with Gasteiger partial charge in [0.05, 0.1) is 11.3 Å². The first kappa shape index (κ1) is 12.0. The third-order valence-electron chi connectivity index (χ3n) is 2.32. The Morgan fingerprint density at radius 1 is 1.44 bits per heavy atom. The Morgan fingerprint density at radius 3 is 2.72 bits per heavy atom. The number of rotatable bonds is 3. The van der Waals surface area contributed by atoms with Crippen LogP contribution < -0.4 is 10.5 Å². The summed E-state index contributed by atoms with van der Waals surface area (Å²) in [5.41, 5.74) is 6.66. The first-order chi connectivity index (χ1) is 8.47. The van der Waals surface area contributed by atoms with Crippen molar-refractivity contribution >= 4 is 5.84 Å². The minimum atomic E-state index is -0.135. The number of aromatic nitrogens is 4. The van der Waals surface area contributed by atoms with Gasteiger partial charge in [0.1, 0.15) is 11.7 Å². The molecule has 7 heteroatoms. The van der Waals surface area contributed by atoms with Gasteiger partial charge < -0.3 is 10.5 Å². The molecule has 2 aromatic heterocycles. The molecular formula is C11H14N6O. The highest BCUT2D eigenvalue weighted by atomic mass is 16.5. The Labute approximate surface area is 104 Å². The number of nitrogens with two attached hydrogens (primary N) is 1. The predicted molar refractivity (Wildman–Crippen MR) is 65.8 cm³/mol. The molecule has 0 amide bonds. The van der Waals surface area contributed by atoms with Gasteiger partial charge >= 0.3 is 0 Å². The molecule has 2 aromatic rings. The van der Waals surface area contributed by atoms with E-state index in [1.165, 1.54) is 6.20 Å². The predicted octanol–water partition coefficient (Wildman–Crippen LogP) is 0.903. The normalized spacial score (nSPS) is 10.4. The van der Waals surface area contributed by atoms with E-state index in [2.05, 4.69) is 15.1 Å². The van der Waals surface area contributed by atoms with Gasteiger partial charge in [0.15, 0.2) is 0 Å². The van der Waals surface area contributed by atoms with E-state index in [4.69, 9.17) is 15.9 Å². The second kappa shape index (κ2) is 4.44. The Kier molecular flexibility index (Phi) is 2.97. The summed E-state index contributed by atoms with van der Waals surface area (Å²) >= 11 is 0. The monoisotopic (exact) mass is 246 g/mol. The van der Waals surface area contributed by atoms with Crippen LogP contribution in [-0.2, 0) is 7.05 Å². The molecular weight excluding hydrogens is 232 g/mol. The van der Waals surface area contributed by atoms with Gasteiger partial charge in [0, 0.05) is 19.3 Å². The number of hydrogen-bond acceptors (Lipinski definition) is 5. The molecule has 7 nitrogen and oxygen atoms in total. The summed E-state index contributed by atoms with van der Waals surface area (Å²) in [6, 6.07) is 1.78. The van der Waals surface area contributed by atoms with Crippen LogP contribution in [0.2, 0.25) is 0 Å². The number of hydrogen-bond donors (Lipinski definition) is 2. The molecule has 0 aliphatic rings. The molecule has 0 radical (unpaired) electrons. The molecule has 0 atom stereocenters. The van der Waals surface area contributed by atoms with Gasteiger partial charge in [-0.1, -0.05) is 0 Å². The standard InChI is InChI=1S/C11H14N6O/c1-6-4-9(17(3)16-6)18-11-8(10(12)13)5-14-7(2)15-11/h4-5H,1-3H3,(H3,12,13). The zero-order valence-corrected chi connectivity index (χ0v) is 10.4.